The molecule has 64 valence electrons. The van der Waals surface area contributed by atoms with E-state index in [0.29, 0.717) is 6.04 Å². The molecule has 2 aliphatic rings. The molecule has 2 rings (SSSR count). The Balaban J connectivity index is 0.000000720. The van der Waals surface area contributed by atoms with Crippen molar-refractivity contribution in [3.05, 3.63) is 5.43 Å². The van der Waals surface area contributed by atoms with E-state index < -0.39 is 0 Å². The largest absolute Gasteiger partial charge is 1.00 e. The van der Waals surface area contributed by atoms with Crippen LogP contribution in [0, 0.1) is 0 Å². The first kappa shape index (κ1) is 11.6. The second-order valence-corrected chi connectivity index (χ2v) is 3.95. The molecule has 2 fully saturated rings. The van der Waals surface area contributed by atoms with Gasteiger partial charge in [-0.25, -0.2) is 4.90 Å². The summed E-state index contributed by atoms with van der Waals surface area (Å²) in [6, 6.07) is 0.698. The van der Waals surface area contributed by atoms with Gasteiger partial charge in [-0.2, -0.15) is 0 Å². The molecule has 0 N–H and O–H groups in total. The SMILES string of the molecule is CC(C)N1CC[N+]2(CC[N-]2)C1.[K+]. The van der Waals surface area contributed by atoms with Gasteiger partial charge in [0.1, 0.15) is 6.67 Å². The molecule has 1 atom stereocenters. The summed E-state index contributed by atoms with van der Waals surface area (Å²) in [5.41, 5.74) is 4.53. The molecule has 4 heteroatoms. The average molecular weight is 194 g/mol. The third kappa shape index (κ3) is 2.12. The van der Waals surface area contributed by atoms with Gasteiger partial charge in [0.15, 0.2) is 0 Å². The molecule has 2 heterocycles. The zero-order valence-electron chi connectivity index (χ0n) is 8.45. The number of hydrogen-bond donors (Lipinski definition) is 0. The Bertz CT molecular complexity index is 156. The van der Waals surface area contributed by atoms with Gasteiger partial charge in [-0.1, -0.05) is 6.54 Å². The summed E-state index contributed by atoms with van der Waals surface area (Å²) in [6.45, 7) is 10.6. The van der Waals surface area contributed by atoms with Crippen LogP contribution in [0.3, 0.4) is 0 Å². The van der Waals surface area contributed by atoms with Crippen LogP contribution in [0.2, 0.25) is 0 Å². The Kier molecular flexibility index (Phi) is 4.21. The molecule has 0 aliphatic carbocycles. The minimum Gasteiger partial charge on any atom is -0.447 e. The van der Waals surface area contributed by atoms with Crippen molar-refractivity contribution < 1.29 is 56.0 Å². The molecule has 1 unspecified atom stereocenters. The van der Waals surface area contributed by atoms with E-state index in [2.05, 4.69) is 24.2 Å². The average Bonchev–Trinajstić information content (AvgIpc) is 2.28. The molecule has 0 radical (unpaired) electrons. The third-order valence-corrected chi connectivity index (χ3v) is 2.89. The summed E-state index contributed by atoms with van der Waals surface area (Å²) in [5, 5.41) is 0. The third-order valence-electron chi connectivity index (χ3n) is 2.89. The van der Waals surface area contributed by atoms with E-state index in [1.165, 1.54) is 19.6 Å². The maximum Gasteiger partial charge on any atom is 1.00 e. The summed E-state index contributed by atoms with van der Waals surface area (Å²) in [7, 11) is 0. The van der Waals surface area contributed by atoms with E-state index in [-0.39, 0.29) is 51.4 Å². The zero-order valence-corrected chi connectivity index (χ0v) is 11.6. The first-order valence-electron chi connectivity index (χ1n) is 4.51. The molecule has 0 saturated carbocycles. The van der Waals surface area contributed by atoms with Gasteiger partial charge < -0.3 is 10.0 Å². The van der Waals surface area contributed by atoms with Gasteiger partial charge in [0.25, 0.3) is 0 Å². The van der Waals surface area contributed by atoms with Gasteiger partial charge in [0.05, 0.1) is 19.6 Å². The summed E-state index contributed by atoms with van der Waals surface area (Å²) in [4.78, 5) is 2.52. The Morgan fingerprint density at radius 3 is 2.25 bits per heavy atom. The predicted molar refractivity (Wildman–Crippen MR) is 44.9 cm³/mol. The van der Waals surface area contributed by atoms with Crippen LogP contribution >= 0.6 is 0 Å². The molecule has 0 amide bonds. The Morgan fingerprint density at radius 2 is 2.00 bits per heavy atom. The van der Waals surface area contributed by atoms with Gasteiger partial charge in [-0.3, -0.25) is 0 Å². The monoisotopic (exact) mass is 194 g/mol. The minimum absolute atomic E-state index is 0. The molecule has 12 heavy (non-hydrogen) atoms. The van der Waals surface area contributed by atoms with Crippen molar-refractivity contribution in [2.24, 2.45) is 0 Å². The normalized spacial score (nSPS) is 35.2. The molecule has 0 aromatic rings. The molecular formula is C8H17KN3+. The second kappa shape index (κ2) is 4.36. The fraction of sp³-hybridized carbons (Fsp3) is 1.00. The van der Waals surface area contributed by atoms with E-state index >= 15 is 0 Å². The van der Waals surface area contributed by atoms with E-state index in [0.717, 1.165) is 17.8 Å². The van der Waals surface area contributed by atoms with E-state index in [4.69, 9.17) is 0 Å². The summed E-state index contributed by atoms with van der Waals surface area (Å²) in [6.07, 6.45) is 0. The van der Waals surface area contributed by atoms with Crippen molar-refractivity contribution in [1.82, 2.24) is 4.90 Å². The molecule has 0 bridgehead atoms. The molecule has 3 nitrogen and oxygen atoms in total. The van der Waals surface area contributed by atoms with Gasteiger partial charge >= 0.3 is 51.4 Å². The molecule has 2 saturated heterocycles. The van der Waals surface area contributed by atoms with Crippen molar-refractivity contribution in [2.45, 2.75) is 19.9 Å². The fourth-order valence-electron chi connectivity index (χ4n) is 1.90. The van der Waals surface area contributed by atoms with E-state index in [9.17, 15) is 0 Å². The van der Waals surface area contributed by atoms with Crippen LogP contribution in [0.5, 0.6) is 0 Å². The van der Waals surface area contributed by atoms with Crippen LogP contribution in [0.25, 0.3) is 5.43 Å². The van der Waals surface area contributed by atoms with Gasteiger partial charge in [-0.05, 0) is 13.8 Å². The van der Waals surface area contributed by atoms with E-state index in [1.54, 1.807) is 0 Å². The maximum atomic E-state index is 4.53. The van der Waals surface area contributed by atoms with Crippen molar-refractivity contribution in [2.75, 3.05) is 32.8 Å². The fourth-order valence-corrected chi connectivity index (χ4v) is 1.90. The van der Waals surface area contributed by atoms with Crippen LogP contribution in [0.1, 0.15) is 13.8 Å². The van der Waals surface area contributed by atoms with E-state index in [1.807, 2.05) is 0 Å². The van der Waals surface area contributed by atoms with Gasteiger partial charge in [-0.15, -0.1) is 0 Å². The summed E-state index contributed by atoms with van der Waals surface area (Å²) < 4.78 is 1.04. The number of quaternary nitrogens is 1. The summed E-state index contributed by atoms with van der Waals surface area (Å²) >= 11 is 0. The molecule has 1 spiro atoms. The zero-order chi connectivity index (χ0) is 7.90. The van der Waals surface area contributed by atoms with Crippen LogP contribution in [-0.4, -0.2) is 48.4 Å². The quantitative estimate of drug-likeness (QED) is 0.342. The van der Waals surface area contributed by atoms with Crippen LogP contribution in [-0.2, 0) is 0 Å². The maximum absolute atomic E-state index is 4.53. The van der Waals surface area contributed by atoms with Crippen molar-refractivity contribution in [3.8, 4) is 0 Å². The van der Waals surface area contributed by atoms with Crippen molar-refractivity contribution >= 4 is 0 Å². The van der Waals surface area contributed by atoms with Crippen LogP contribution in [0.15, 0.2) is 0 Å². The first-order valence-corrected chi connectivity index (χ1v) is 4.51. The first-order chi connectivity index (χ1) is 5.22. The number of rotatable bonds is 1. The van der Waals surface area contributed by atoms with Gasteiger partial charge in [0.2, 0.25) is 0 Å². The summed E-state index contributed by atoms with van der Waals surface area (Å²) in [5.74, 6) is 0. The Labute approximate surface area is 117 Å². The van der Waals surface area contributed by atoms with Crippen molar-refractivity contribution in [3.63, 3.8) is 0 Å². The topological polar surface area (TPSA) is 17.3 Å². The van der Waals surface area contributed by atoms with Crippen LogP contribution < -0.4 is 51.4 Å². The smallest absolute Gasteiger partial charge is 0.447 e. The number of nitrogens with zero attached hydrogens (tertiary/aromatic N) is 3. The molecular weight excluding hydrogens is 177 g/mol. The standard InChI is InChI=1S/C8H17N3.K/c1-8(2)10-4-6-11(7-10)5-3-9-11;/h8H,3-7H2,1-2H3;/q;+1. The predicted octanol–water partition coefficient (Wildman–Crippen LogP) is -2.21. The Morgan fingerprint density at radius 1 is 1.33 bits per heavy atom. The van der Waals surface area contributed by atoms with Gasteiger partial charge in [0, 0.05) is 6.04 Å². The minimum atomic E-state index is 0. The van der Waals surface area contributed by atoms with Crippen LogP contribution in [0.4, 0.5) is 0 Å². The molecule has 2 aliphatic heterocycles. The molecule has 0 aromatic carbocycles. The molecule has 0 aromatic heterocycles. The second-order valence-electron chi connectivity index (χ2n) is 3.95. The Hall–Kier alpha value is 1.52. The number of hydrogen-bond acceptors (Lipinski definition) is 1. The van der Waals surface area contributed by atoms with Crippen molar-refractivity contribution in [1.29, 1.82) is 0 Å².